The number of ether oxygens (including phenoxy) is 1. The van der Waals surface area contributed by atoms with Gasteiger partial charge in [0.25, 0.3) is 0 Å². The summed E-state index contributed by atoms with van der Waals surface area (Å²) in [6, 6.07) is 15.6. The number of amides is 2. The average molecular weight is 396 g/mol. The lowest BCUT2D eigenvalue weighted by Crippen LogP contribution is -2.36. The van der Waals surface area contributed by atoms with Crippen LogP contribution in [0.15, 0.2) is 48.5 Å². The summed E-state index contributed by atoms with van der Waals surface area (Å²) in [6.07, 6.45) is 1.36. The molecule has 6 nitrogen and oxygen atoms in total. The molecule has 0 saturated carbocycles. The number of rotatable bonds is 6. The van der Waals surface area contributed by atoms with Gasteiger partial charge in [0.15, 0.2) is 0 Å². The van der Waals surface area contributed by atoms with Gasteiger partial charge in [0.2, 0.25) is 11.8 Å². The third kappa shape index (κ3) is 6.32. The molecule has 1 aliphatic heterocycles. The van der Waals surface area contributed by atoms with Crippen molar-refractivity contribution in [3.63, 3.8) is 0 Å². The van der Waals surface area contributed by atoms with Crippen molar-refractivity contribution in [3.8, 4) is 5.75 Å². The molecule has 3 rings (SSSR count). The maximum Gasteiger partial charge on any atom is 0.227 e. The van der Waals surface area contributed by atoms with Gasteiger partial charge in [-0.1, -0.05) is 24.3 Å². The quantitative estimate of drug-likeness (QED) is 0.817. The molecule has 2 aromatic rings. The molecule has 0 bridgehead atoms. The van der Waals surface area contributed by atoms with Crippen LogP contribution in [0.5, 0.6) is 5.75 Å². The van der Waals surface area contributed by atoms with Crippen LogP contribution < -0.4 is 10.1 Å². The highest BCUT2D eigenvalue weighted by atomic mass is 16.5. The van der Waals surface area contributed by atoms with Gasteiger partial charge in [-0.15, -0.1) is 0 Å². The fourth-order valence-corrected chi connectivity index (χ4v) is 3.56. The van der Waals surface area contributed by atoms with Gasteiger partial charge in [0.1, 0.15) is 5.75 Å². The van der Waals surface area contributed by atoms with Gasteiger partial charge in [-0.3, -0.25) is 14.5 Å². The van der Waals surface area contributed by atoms with Crippen molar-refractivity contribution >= 4 is 17.5 Å². The number of benzene rings is 2. The van der Waals surface area contributed by atoms with Crippen molar-refractivity contribution in [2.75, 3.05) is 38.6 Å². The predicted molar refractivity (Wildman–Crippen MR) is 114 cm³/mol. The zero-order valence-electron chi connectivity index (χ0n) is 17.2. The Balaban J connectivity index is 1.50. The third-order valence-electron chi connectivity index (χ3n) is 5.14. The fraction of sp³-hybridized carbons (Fsp3) is 0.391. The largest absolute Gasteiger partial charge is 0.497 e. The average Bonchev–Trinajstić information content (AvgIpc) is 2.95. The first-order chi connectivity index (χ1) is 14.0. The van der Waals surface area contributed by atoms with Gasteiger partial charge in [-0.05, 0) is 41.8 Å². The van der Waals surface area contributed by atoms with Gasteiger partial charge in [0.05, 0.1) is 13.5 Å². The van der Waals surface area contributed by atoms with Crippen LogP contribution in [0.25, 0.3) is 0 Å². The topological polar surface area (TPSA) is 61.9 Å². The molecule has 1 saturated heterocycles. The van der Waals surface area contributed by atoms with Crippen molar-refractivity contribution < 1.29 is 14.3 Å². The van der Waals surface area contributed by atoms with Crippen LogP contribution in [-0.2, 0) is 22.6 Å². The van der Waals surface area contributed by atoms with E-state index in [2.05, 4.69) is 22.3 Å². The molecule has 0 aromatic heterocycles. The highest BCUT2D eigenvalue weighted by molar-refractivity contribution is 5.88. The summed E-state index contributed by atoms with van der Waals surface area (Å²) in [5, 5.41) is 2.74. The SMILES string of the molecule is COc1ccc(CN2CCCN(C(=O)Cc3ccc(NC(C)=O)cc3)CC2)cc1. The Kier molecular flexibility index (Phi) is 7.25. The standard InChI is InChI=1S/C23H29N3O3/c1-18(27)24-21-8-4-19(5-9-21)16-23(28)26-13-3-12-25(14-15-26)17-20-6-10-22(29-2)11-7-20/h4-11H,3,12-17H2,1-2H3,(H,24,27). The summed E-state index contributed by atoms with van der Waals surface area (Å²) in [5.74, 6) is 0.924. The number of anilines is 1. The molecule has 2 aromatic carbocycles. The molecule has 0 aliphatic carbocycles. The minimum Gasteiger partial charge on any atom is -0.497 e. The number of hydrogen-bond donors (Lipinski definition) is 1. The van der Waals surface area contributed by atoms with Crippen molar-refractivity contribution in [3.05, 3.63) is 59.7 Å². The van der Waals surface area contributed by atoms with E-state index in [1.165, 1.54) is 12.5 Å². The smallest absolute Gasteiger partial charge is 0.227 e. The molecule has 1 N–H and O–H groups in total. The minimum absolute atomic E-state index is 0.0995. The van der Waals surface area contributed by atoms with E-state index in [0.717, 1.165) is 56.1 Å². The van der Waals surface area contributed by atoms with Gasteiger partial charge in [-0.2, -0.15) is 0 Å². The van der Waals surface area contributed by atoms with Crippen LogP contribution in [0.1, 0.15) is 24.5 Å². The van der Waals surface area contributed by atoms with Gasteiger partial charge in [-0.25, -0.2) is 0 Å². The van der Waals surface area contributed by atoms with E-state index in [1.807, 2.05) is 41.3 Å². The van der Waals surface area contributed by atoms with E-state index >= 15 is 0 Å². The molecule has 0 spiro atoms. The molecule has 1 fully saturated rings. The van der Waals surface area contributed by atoms with E-state index in [4.69, 9.17) is 4.74 Å². The number of carbonyl (C=O) groups excluding carboxylic acids is 2. The van der Waals surface area contributed by atoms with Crippen LogP contribution in [-0.4, -0.2) is 54.9 Å². The van der Waals surface area contributed by atoms with Gasteiger partial charge < -0.3 is 15.0 Å². The van der Waals surface area contributed by atoms with Crippen LogP contribution in [0.2, 0.25) is 0 Å². The van der Waals surface area contributed by atoms with E-state index in [-0.39, 0.29) is 11.8 Å². The Bertz CT molecular complexity index is 818. The summed E-state index contributed by atoms with van der Waals surface area (Å²) < 4.78 is 5.22. The van der Waals surface area contributed by atoms with Crippen LogP contribution in [0.4, 0.5) is 5.69 Å². The molecule has 0 radical (unpaired) electrons. The van der Waals surface area contributed by atoms with E-state index in [1.54, 1.807) is 7.11 Å². The summed E-state index contributed by atoms with van der Waals surface area (Å²) in [7, 11) is 1.67. The lowest BCUT2D eigenvalue weighted by molar-refractivity contribution is -0.130. The summed E-state index contributed by atoms with van der Waals surface area (Å²) in [4.78, 5) is 28.2. The number of hydrogen-bond acceptors (Lipinski definition) is 4. The number of methoxy groups -OCH3 is 1. The Morgan fingerprint density at radius 3 is 2.28 bits per heavy atom. The van der Waals surface area contributed by atoms with E-state index in [0.29, 0.717) is 6.42 Å². The zero-order valence-corrected chi connectivity index (χ0v) is 17.2. The third-order valence-corrected chi connectivity index (χ3v) is 5.14. The second-order valence-electron chi connectivity index (χ2n) is 7.41. The summed E-state index contributed by atoms with van der Waals surface area (Å²) in [6.45, 7) is 5.77. The Morgan fingerprint density at radius 1 is 0.931 bits per heavy atom. The molecule has 1 heterocycles. The first kappa shape index (κ1) is 20.9. The van der Waals surface area contributed by atoms with Crippen molar-refractivity contribution in [1.82, 2.24) is 9.80 Å². The van der Waals surface area contributed by atoms with Crippen LogP contribution in [0, 0.1) is 0 Å². The molecule has 0 unspecified atom stereocenters. The van der Waals surface area contributed by atoms with E-state index < -0.39 is 0 Å². The maximum absolute atomic E-state index is 12.7. The van der Waals surface area contributed by atoms with Gasteiger partial charge >= 0.3 is 0 Å². The molecular weight excluding hydrogens is 366 g/mol. The molecule has 0 atom stereocenters. The lowest BCUT2D eigenvalue weighted by atomic mass is 10.1. The zero-order chi connectivity index (χ0) is 20.6. The molecule has 2 amide bonds. The van der Waals surface area contributed by atoms with Crippen molar-refractivity contribution in [2.24, 2.45) is 0 Å². The molecular formula is C23H29N3O3. The van der Waals surface area contributed by atoms with E-state index in [9.17, 15) is 9.59 Å². The van der Waals surface area contributed by atoms with Crippen LogP contribution >= 0.6 is 0 Å². The Hall–Kier alpha value is -2.86. The second kappa shape index (κ2) is 10.1. The van der Waals surface area contributed by atoms with Gasteiger partial charge in [0, 0.05) is 45.3 Å². The minimum atomic E-state index is -0.0995. The lowest BCUT2D eigenvalue weighted by Gasteiger charge is -2.22. The second-order valence-corrected chi connectivity index (χ2v) is 7.41. The monoisotopic (exact) mass is 395 g/mol. The molecule has 29 heavy (non-hydrogen) atoms. The Morgan fingerprint density at radius 2 is 1.62 bits per heavy atom. The van der Waals surface area contributed by atoms with Crippen molar-refractivity contribution in [1.29, 1.82) is 0 Å². The first-order valence-corrected chi connectivity index (χ1v) is 10.0. The number of carbonyl (C=O) groups is 2. The number of nitrogens with one attached hydrogen (secondary N) is 1. The highest BCUT2D eigenvalue weighted by Gasteiger charge is 2.19. The highest BCUT2D eigenvalue weighted by Crippen LogP contribution is 2.15. The molecule has 1 aliphatic rings. The first-order valence-electron chi connectivity index (χ1n) is 10.0. The predicted octanol–water partition coefficient (Wildman–Crippen LogP) is 2.93. The summed E-state index contributed by atoms with van der Waals surface area (Å²) >= 11 is 0. The van der Waals surface area contributed by atoms with Crippen molar-refractivity contribution in [2.45, 2.75) is 26.3 Å². The maximum atomic E-state index is 12.7. The summed E-state index contributed by atoms with van der Waals surface area (Å²) in [5.41, 5.74) is 2.96. The number of nitrogens with zero attached hydrogens (tertiary/aromatic N) is 2. The van der Waals surface area contributed by atoms with Crippen LogP contribution in [0.3, 0.4) is 0 Å². The molecule has 6 heteroatoms. The normalized spacial score (nSPS) is 14.9. The Labute approximate surface area is 172 Å². The fourth-order valence-electron chi connectivity index (χ4n) is 3.56. The molecule has 154 valence electrons.